The first-order chi connectivity index (χ1) is 8.63. The highest BCUT2D eigenvalue weighted by atomic mass is 16.5. The monoisotopic (exact) mass is 249 g/mol. The van der Waals surface area contributed by atoms with Gasteiger partial charge in [0.2, 0.25) is 0 Å². The second-order valence-corrected chi connectivity index (χ2v) is 4.73. The maximum Gasteiger partial charge on any atom is 0.254 e. The van der Waals surface area contributed by atoms with Gasteiger partial charge in [0.25, 0.3) is 5.91 Å². The van der Waals surface area contributed by atoms with Gasteiger partial charge >= 0.3 is 0 Å². The van der Waals surface area contributed by atoms with Crippen LogP contribution in [0.2, 0.25) is 0 Å². The van der Waals surface area contributed by atoms with E-state index in [1.807, 2.05) is 4.90 Å². The molecule has 1 aromatic rings. The Kier molecular flexibility index (Phi) is 3.75. The molecule has 0 radical (unpaired) electrons. The fourth-order valence-corrected chi connectivity index (χ4v) is 2.38. The maximum absolute atomic E-state index is 12.4. The predicted octanol–water partition coefficient (Wildman–Crippen LogP) is 2.42. The van der Waals surface area contributed by atoms with Gasteiger partial charge in [-0.1, -0.05) is 0 Å². The van der Waals surface area contributed by atoms with Crippen LogP contribution in [-0.4, -0.2) is 35.6 Å². The van der Waals surface area contributed by atoms with Crippen LogP contribution in [0.4, 0.5) is 0 Å². The number of carbonyl (C=O) groups is 1. The minimum Gasteiger partial charge on any atom is -0.504 e. The van der Waals surface area contributed by atoms with Crippen LogP contribution in [0.1, 0.15) is 36.5 Å². The smallest absolute Gasteiger partial charge is 0.254 e. The minimum absolute atomic E-state index is 0.0144. The third-order valence-electron chi connectivity index (χ3n) is 3.49. The zero-order chi connectivity index (χ0) is 13.1. The van der Waals surface area contributed by atoms with E-state index in [0.29, 0.717) is 11.3 Å². The lowest BCUT2D eigenvalue weighted by Crippen LogP contribution is -2.42. The van der Waals surface area contributed by atoms with Crippen molar-refractivity contribution < 1.29 is 14.6 Å². The van der Waals surface area contributed by atoms with Crippen molar-refractivity contribution in [3.8, 4) is 11.5 Å². The van der Waals surface area contributed by atoms with Crippen molar-refractivity contribution in [1.82, 2.24) is 4.90 Å². The van der Waals surface area contributed by atoms with E-state index < -0.39 is 0 Å². The number of hydrogen-bond acceptors (Lipinski definition) is 3. The number of phenolic OH excluding ortho intramolecular Hbond substituents is 1. The zero-order valence-electron chi connectivity index (χ0n) is 10.8. The van der Waals surface area contributed by atoms with E-state index in [-0.39, 0.29) is 17.7 Å². The molecule has 0 saturated carbocycles. The number of methoxy groups -OCH3 is 1. The van der Waals surface area contributed by atoms with Crippen molar-refractivity contribution >= 4 is 5.91 Å². The lowest BCUT2D eigenvalue weighted by molar-refractivity contribution is 0.0635. The standard InChI is InChI=1S/C14H19NO3/c1-10-5-3-4-8-15(10)14(17)11-6-7-12(16)13(9-11)18-2/h6-7,9-10,16H,3-5,8H2,1-2H3. The van der Waals surface area contributed by atoms with Crippen LogP contribution in [0.25, 0.3) is 0 Å². The van der Waals surface area contributed by atoms with Gasteiger partial charge in [-0.05, 0) is 44.4 Å². The van der Waals surface area contributed by atoms with Gasteiger partial charge in [0.15, 0.2) is 11.5 Å². The largest absolute Gasteiger partial charge is 0.504 e. The van der Waals surface area contributed by atoms with E-state index in [4.69, 9.17) is 4.74 Å². The Morgan fingerprint density at radius 1 is 1.44 bits per heavy atom. The Bertz CT molecular complexity index is 445. The predicted molar refractivity (Wildman–Crippen MR) is 69.0 cm³/mol. The summed E-state index contributed by atoms with van der Waals surface area (Å²) in [6.45, 7) is 2.89. The summed E-state index contributed by atoms with van der Waals surface area (Å²) in [4.78, 5) is 14.3. The number of rotatable bonds is 2. The number of amides is 1. The lowest BCUT2D eigenvalue weighted by atomic mass is 10.0. The average molecular weight is 249 g/mol. The van der Waals surface area contributed by atoms with Gasteiger partial charge in [-0.15, -0.1) is 0 Å². The number of piperidine rings is 1. The first-order valence-electron chi connectivity index (χ1n) is 6.31. The van der Waals surface area contributed by atoms with Crippen LogP contribution < -0.4 is 4.74 Å². The second-order valence-electron chi connectivity index (χ2n) is 4.73. The molecule has 0 bridgehead atoms. The summed E-state index contributed by atoms with van der Waals surface area (Å²) in [6.07, 6.45) is 3.30. The van der Waals surface area contributed by atoms with Crippen molar-refractivity contribution in [1.29, 1.82) is 0 Å². The Hall–Kier alpha value is -1.71. The molecule has 0 aliphatic carbocycles. The van der Waals surface area contributed by atoms with Crippen LogP contribution in [0.15, 0.2) is 18.2 Å². The summed E-state index contributed by atoms with van der Waals surface area (Å²) in [5, 5.41) is 9.53. The second kappa shape index (κ2) is 5.29. The number of benzene rings is 1. The molecule has 1 fully saturated rings. The summed E-state index contributed by atoms with van der Waals surface area (Å²) >= 11 is 0. The summed E-state index contributed by atoms with van der Waals surface area (Å²) in [5.74, 6) is 0.409. The van der Waals surface area contributed by atoms with E-state index in [0.717, 1.165) is 19.4 Å². The molecule has 1 N–H and O–H groups in total. The van der Waals surface area contributed by atoms with Gasteiger partial charge < -0.3 is 14.7 Å². The van der Waals surface area contributed by atoms with Crippen LogP contribution >= 0.6 is 0 Å². The molecule has 1 unspecified atom stereocenters. The van der Waals surface area contributed by atoms with Crippen molar-refractivity contribution in [2.75, 3.05) is 13.7 Å². The molecule has 1 heterocycles. The van der Waals surface area contributed by atoms with Crippen molar-refractivity contribution in [2.45, 2.75) is 32.2 Å². The Labute approximate surface area is 107 Å². The first kappa shape index (κ1) is 12.7. The average Bonchev–Trinajstić information content (AvgIpc) is 2.39. The number of aromatic hydroxyl groups is 1. The van der Waals surface area contributed by atoms with Crippen molar-refractivity contribution in [2.24, 2.45) is 0 Å². The third-order valence-corrected chi connectivity index (χ3v) is 3.49. The number of phenols is 1. The molecule has 4 nitrogen and oxygen atoms in total. The molecule has 4 heteroatoms. The number of likely N-dealkylation sites (tertiary alicyclic amines) is 1. The highest BCUT2D eigenvalue weighted by molar-refractivity contribution is 5.95. The first-order valence-corrected chi connectivity index (χ1v) is 6.31. The molecular weight excluding hydrogens is 230 g/mol. The molecule has 18 heavy (non-hydrogen) atoms. The third kappa shape index (κ3) is 2.42. The van der Waals surface area contributed by atoms with Crippen LogP contribution in [0.3, 0.4) is 0 Å². The van der Waals surface area contributed by atoms with E-state index in [2.05, 4.69) is 6.92 Å². The fraction of sp³-hybridized carbons (Fsp3) is 0.500. The van der Waals surface area contributed by atoms with Crippen LogP contribution in [0.5, 0.6) is 11.5 Å². The van der Waals surface area contributed by atoms with Gasteiger partial charge in [0, 0.05) is 18.2 Å². The summed E-state index contributed by atoms with van der Waals surface area (Å²) in [7, 11) is 1.48. The van der Waals surface area contributed by atoms with Crippen molar-refractivity contribution in [3.05, 3.63) is 23.8 Å². The van der Waals surface area contributed by atoms with E-state index >= 15 is 0 Å². The molecule has 1 aliphatic heterocycles. The molecule has 98 valence electrons. The molecular formula is C14H19NO3. The maximum atomic E-state index is 12.4. The number of ether oxygens (including phenoxy) is 1. The van der Waals surface area contributed by atoms with E-state index in [1.165, 1.54) is 19.6 Å². The quantitative estimate of drug-likeness (QED) is 0.875. The van der Waals surface area contributed by atoms with E-state index in [9.17, 15) is 9.90 Å². The number of hydrogen-bond donors (Lipinski definition) is 1. The van der Waals surface area contributed by atoms with Gasteiger partial charge in [-0.3, -0.25) is 4.79 Å². The topological polar surface area (TPSA) is 49.8 Å². The molecule has 0 aromatic heterocycles. The summed E-state index contributed by atoms with van der Waals surface area (Å²) < 4.78 is 5.03. The Balaban J connectivity index is 2.22. The highest BCUT2D eigenvalue weighted by Gasteiger charge is 2.24. The lowest BCUT2D eigenvalue weighted by Gasteiger charge is -2.33. The molecule has 1 aliphatic rings. The Morgan fingerprint density at radius 3 is 2.89 bits per heavy atom. The van der Waals surface area contributed by atoms with Gasteiger partial charge in [0.05, 0.1) is 7.11 Å². The fourth-order valence-electron chi connectivity index (χ4n) is 2.38. The SMILES string of the molecule is COc1cc(C(=O)N2CCCCC2C)ccc1O. The van der Waals surface area contributed by atoms with E-state index in [1.54, 1.807) is 12.1 Å². The molecule has 1 amide bonds. The zero-order valence-corrected chi connectivity index (χ0v) is 10.8. The van der Waals surface area contributed by atoms with Gasteiger partial charge in [-0.2, -0.15) is 0 Å². The van der Waals surface area contributed by atoms with Crippen LogP contribution in [0, 0.1) is 0 Å². The summed E-state index contributed by atoms with van der Waals surface area (Å²) in [5.41, 5.74) is 0.568. The van der Waals surface area contributed by atoms with Gasteiger partial charge in [0.1, 0.15) is 0 Å². The molecule has 1 saturated heterocycles. The normalized spacial score (nSPS) is 19.7. The highest BCUT2D eigenvalue weighted by Crippen LogP contribution is 2.28. The summed E-state index contributed by atoms with van der Waals surface area (Å²) in [6, 6.07) is 5.02. The molecule has 1 atom stereocenters. The number of carbonyl (C=O) groups excluding carboxylic acids is 1. The minimum atomic E-state index is 0.0144. The molecule has 2 rings (SSSR count). The molecule has 0 spiro atoms. The number of nitrogens with zero attached hydrogens (tertiary/aromatic N) is 1. The Morgan fingerprint density at radius 2 is 2.22 bits per heavy atom. The van der Waals surface area contributed by atoms with Crippen LogP contribution in [-0.2, 0) is 0 Å². The van der Waals surface area contributed by atoms with Crippen molar-refractivity contribution in [3.63, 3.8) is 0 Å². The van der Waals surface area contributed by atoms with Gasteiger partial charge in [-0.25, -0.2) is 0 Å². The molecule has 1 aromatic carbocycles.